The molecule has 0 saturated carbocycles. The number of carbonyl (C=O) groups is 1. The fourth-order valence-electron chi connectivity index (χ4n) is 2.22. The van der Waals surface area contributed by atoms with Crippen LogP contribution in [0.15, 0.2) is 36.4 Å². The van der Waals surface area contributed by atoms with E-state index >= 15 is 0 Å². The Labute approximate surface area is 129 Å². The molecule has 3 nitrogen and oxygen atoms in total. The Bertz CT molecular complexity index is 702. The molecule has 0 aromatic heterocycles. The van der Waals surface area contributed by atoms with Gasteiger partial charge in [0.1, 0.15) is 11.9 Å². The topological polar surface area (TPSA) is 41.1 Å². The molecule has 2 aromatic carbocycles. The number of carbonyl (C=O) groups excluding carboxylic acids is 1. The molecular formula is C15H12FIN2O. The normalized spacial score (nSPS) is 16.8. The zero-order valence-electron chi connectivity index (χ0n) is 10.7. The van der Waals surface area contributed by atoms with E-state index in [0.717, 1.165) is 9.26 Å². The number of nitrogens with one attached hydrogen (secondary N) is 2. The predicted molar refractivity (Wildman–Crippen MR) is 85.3 cm³/mol. The molecule has 1 amide bonds. The summed E-state index contributed by atoms with van der Waals surface area (Å²) in [5.41, 5.74) is 3.33. The highest BCUT2D eigenvalue weighted by molar-refractivity contribution is 14.1. The number of fused-ring (bicyclic) bond motifs is 1. The summed E-state index contributed by atoms with van der Waals surface area (Å²) in [6.07, 6.45) is 0. The molecule has 3 rings (SSSR count). The van der Waals surface area contributed by atoms with Crippen molar-refractivity contribution in [3.8, 4) is 0 Å². The van der Waals surface area contributed by atoms with Gasteiger partial charge in [-0.1, -0.05) is 6.07 Å². The van der Waals surface area contributed by atoms with Gasteiger partial charge in [-0.05, 0) is 65.4 Å². The Morgan fingerprint density at radius 1 is 1.25 bits per heavy atom. The first-order valence-corrected chi connectivity index (χ1v) is 7.25. The summed E-state index contributed by atoms with van der Waals surface area (Å²) in [7, 11) is 0. The minimum Gasteiger partial charge on any atom is -0.370 e. The van der Waals surface area contributed by atoms with Crippen LogP contribution in [0.1, 0.15) is 17.2 Å². The first-order valence-electron chi connectivity index (χ1n) is 6.17. The van der Waals surface area contributed by atoms with Gasteiger partial charge in [-0.25, -0.2) is 4.39 Å². The molecule has 1 unspecified atom stereocenters. The summed E-state index contributed by atoms with van der Waals surface area (Å²) in [6.45, 7) is 2.03. The van der Waals surface area contributed by atoms with Crippen molar-refractivity contribution < 1.29 is 9.18 Å². The van der Waals surface area contributed by atoms with E-state index in [9.17, 15) is 9.18 Å². The lowest BCUT2D eigenvalue weighted by atomic mass is 10.1. The molecule has 1 atom stereocenters. The molecule has 0 radical (unpaired) electrons. The summed E-state index contributed by atoms with van der Waals surface area (Å²) >= 11 is 2.25. The SMILES string of the molecule is Cc1ccc(NC2C(=O)Nc3ccc(F)cc32)cc1I. The minimum atomic E-state index is -0.556. The summed E-state index contributed by atoms with van der Waals surface area (Å²) in [5.74, 6) is -0.508. The van der Waals surface area contributed by atoms with Crippen molar-refractivity contribution in [2.24, 2.45) is 0 Å². The van der Waals surface area contributed by atoms with Crippen molar-refractivity contribution in [2.45, 2.75) is 13.0 Å². The van der Waals surface area contributed by atoms with E-state index in [-0.39, 0.29) is 11.7 Å². The lowest BCUT2D eigenvalue weighted by Gasteiger charge is -2.14. The number of halogens is 2. The maximum Gasteiger partial charge on any atom is 0.251 e. The molecular weight excluding hydrogens is 370 g/mol. The van der Waals surface area contributed by atoms with Gasteiger partial charge in [0, 0.05) is 20.5 Å². The zero-order valence-corrected chi connectivity index (χ0v) is 12.9. The van der Waals surface area contributed by atoms with Gasteiger partial charge in [-0.3, -0.25) is 4.79 Å². The van der Waals surface area contributed by atoms with Crippen LogP contribution in [0.3, 0.4) is 0 Å². The predicted octanol–water partition coefficient (Wildman–Crippen LogP) is 3.84. The number of hydrogen-bond donors (Lipinski definition) is 2. The van der Waals surface area contributed by atoms with E-state index in [2.05, 4.69) is 33.2 Å². The highest BCUT2D eigenvalue weighted by atomic mass is 127. The number of anilines is 2. The molecule has 1 aliphatic heterocycles. The Hall–Kier alpha value is -1.63. The van der Waals surface area contributed by atoms with Gasteiger partial charge in [0.25, 0.3) is 5.91 Å². The van der Waals surface area contributed by atoms with Crippen LogP contribution in [0.5, 0.6) is 0 Å². The van der Waals surface area contributed by atoms with Crippen LogP contribution in [-0.4, -0.2) is 5.91 Å². The Morgan fingerprint density at radius 2 is 2.05 bits per heavy atom. The number of amides is 1. The van der Waals surface area contributed by atoms with Crippen LogP contribution in [0, 0.1) is 16.3 Å². The molecule has 1 heterocycles. The highest BCUT2D eigenvalue weighted by Gasteiger charge is 2.30. The quantitative estimate of drug-likeness (QED) is 0.775. The van der Waals surface area contributed by atoms with Crippen molar-refractivity contribution >= 4 is 39.9 Å². The molecule has 102 valence electrons. The van der Waals surface area contributed by atoms with Crippen molar-refractivity contribution in [1.82, 2.24) is 0 Å². The first kappa shape index (κ1) is 13.4. The second-order valence-corrected chi connectivity index (χ2v) is 5.92. The van der Waals surface area contributed by atoms with E-state index in [4.69, 9.17) is 0 Å². The molecule has 0 spiro atoms. The summed E-state index contributed by atoms with van der Waals surface area (Å²) < 4.78 is 14.5. The smallest absolute Gasteiger partial charge is 0.251 e. The highest BCUT2D eigenvalue weighted by Crippen LogP contribution is 2.34. The van der Waals surface area contributed by atoms with Crippen molar-refractivity contribution in [3.63, 3.8) is 0 Å². The first-order chi connectivity index (χ1) is 9.54. The monoisotopic (exact) mass is 382 g/mol. The zero-order chi connectivity index (χ0) is 14.3. The average Bonchev–Trinajstić information content (AvgIpc) is 2.70. The lowest BCUT2D eigenvalue weighted by molar-refractivity contribution is -0.116. The maximum absolute atomic E-state index is 13.4. The molecule has 0 saturated heterocycles. The lowest BCUT2D eigenvalue weighted by Crippen LogP contribution is -2.19. The van der Waals surface area contributed by atoms with Gasteiger partial charge in [0.2, 0.25) is 0 Å². The molecule has 2 N–H and O–H groups in total. The third kappa shape index (κ3) is 2.37. The summed E-state index contributed by atoms with van der Waals surface area (Å²) in [6, 6.07) is 9.65. The molecule has 20 heavy (non-hydrogen) atoms. The van der Waals surface area contributed by atoms with E-state index in [0.29, 0.717) is 11.3 Å². The third-order valence-electron chi connectivity index (χ3n) is 3.33. The van der Waals surface area contributed by atoms with E-state index in [1.165, 1.54) is 17.7 Å². The summed E-state index contributed by atoms with van der Waals surface area (Å²) in [4.78, 5) is 12.0. The van der Waals surface area contributed by atoms with Crippen molar-refractivity contribution in [2.75, 3.05) is 10.6 Å². The van der Waals surface area contributed by atoms with Crippen molar-refractivity contribution in [1.29, 1.82) is 0 Å². The van der Waals surface area contributed by atoms with Gasteiger partial charge in [-0.2, -0.15) is 0 Å². The van der Waals surface area contributed by atoms with E-state index in [1.807, 2.05) is 25.1 Å². The average molecular weight is 382 g/mol. The second kappa shape index (κ2) is 5.05. The maximum atomic E-state index is 13.4. The Kier molecular flexibility index (Phi) is 3.37. The van der Waals surface area contributed by atoms with Crippen LogP contribution in [0.4, 0.5) is 15.8 Å². The molecule has 0 bridgehead atoms. The van der Waals surface area contributed by atoms with Crippen LogP contribution in [0.2, 0.25) is 0 Å². The standard InChI is InChI=1S/C15H12FIN2O/c1-8-2-4-10(7-12(8)17)18-14-11-6-9(16)3-5-13(11)19-15(14)20/h2-7,14,18H,1H3,(H,19,20). The van der Waals surface area contributed by atoms with Crippen LogP contribution in [0.25, 0.3) is 0 Å². The largest absolute Gasteiger partial charge is 0.370 e. The van der Waals surface area contributed by atoms with Crippen LogP contribution < -0.4 is 10.6 Å². The third-order valence-corrected chi connectivity index (χ3v) is 4.49. The van der Waals surface area contributed by atoms with Crippen LogP contribution in [-0.2, 0) is 4.79 Å². The van der Waals surface area contributed by atoms with E-state index < -0.39 is 6.04 Å². The number of hydrogen-bond acceptors (Lipinski definition) is 2. The van der Waals surface area contributed by atoms with Gasteiger partial charge < -0.3 is 10.6 Å². The van der Waals surface area contributed by atoms with Gasteiger partial charge in [-0.15, -0.1) is 0 Å². The number of benzene rings is 2. The van der Waals surface area contributed by atoms with E-state index in [1.54, 1.807) is 6.07 Å². The Balaban J connectivity index is 1.93. The number of rotatable bonds is 2. The molecule has 0 fully saturated rings. The molecule has 1 aliphatic rings. The Morgan fingerprint density at radius 3 is 2.80 bits per heavy atom. The molecule has 0 aliphatic carbocycles. The second-order valence-electron chi connectivity index (χ2n) is 4.76. The molecule has 5 heteroatoms. The van der Waals surface area contributed by atoms with Gasteiger partial charge >= 0.3 is 0 Å². The summed E-state index contributed by atoms with van der Waals surface area (Å²) in [5, 5.41) is 5.91. The van der Waals surface area contributed by atoms with Gasteiger partial charge in [0.05, 0.1) is 0 Å². The minimum absolute atomic E-state index is 0.166. The van der Waals surface area contributed by atoms with Gasteiger partial charge in [0.15, 0.2) is 0 Å². The van der Waals surface area contributed by atoms with Crippen molar-refractivity contribution in [3.05, 3.63) is 56.9 Å². The molecule has 2 aromatic rings. The van der Waals surface area contributed by atoms with Crippen LogP contribution >= 0.6 is 22.6 Å². The fourth-order valence-corrected chi connectivity index (χ4v) is 2.74. The fraction of sp³-hybridized carbons (Fsp3) is 0.133. The number of aryl methyl sites for hydroxylation is 1.